The van der Waals surface area contributed by atoms with E-state index in [9.17, 15) is 0 Å². The summed E-state index contributed by atoms with van der Waals surface area (Å²) < 4.78 is 6.29. The first-order chi connectivity index (χ1) is 10.1. The maximum Gasteiger partial charge on any atom is 0.138 e. The van der Waals surface area contributed by atoms with Gasteiger partial charge < -0.3 is 10.1 Å². The molecule has 1 aromatic rings. The van der Waals surface area contributed by atoms with Gasteiger partial charge in [0.25, 0.3) is 0 Å². The van der Waals surface area contributed by atoms with Gasteiger partial charge in [-0.15, -0.1) is 0 Å². The summed E-state index contributed by atoms with van der Waals surface area (Å²) in [6.45, 7) is 7.47. The number of hydrogen-bond acceptors (Lipinski definition) is 2. The van der Waals surface area contributed by atoms with E-state index in [2.05, 4.69) is 32.2 Å². The summed E-state index contributed by atoms with van der Waals surface area (Å²) in [7, 11) is 0. The Balaban J connectivity index is 2.07. The van der Waals surface area contributed by atoms with E-state index < -0.39 is 0 Å². The van der Waals surface area contributed by atoms with Crippen LogP contribution >= 0.6 is 11.6 Å². The highest BCUT2D eigenvalue weighted by Gasteiger charge is 2.31. The Morgan fingerprint density at radius 2 is 2.10 bits per heavy atom. The minimum atomic E-state index is 0.232. The van der Waals surface area contributed by atoms with Gasteiger partial charge >= 0.3 is 0 Å². The molecule has 1 aromatic carbocycles. The molecule has 2 rings (SSSR count). The highest BCUT2D eigenvalue weighted by molar-refractivity contribution is 6.32. The van der Waals surface area contributed by atoms with Gasteiger partial charge in [0.1, 0.15) is 11.9 Å². The monoisotopic (exact) mass is 309 g/mol. The first kappa shape index (κ1) is 16.6. The zero-order chi connectivity index (χ0) is 15.2. The van der Waals surface area contributed by atoms with Crippen LogP contribution < -0.4 is 10.1 Å². The van der Waals surface area contributed by atoms with Crippen molar-refractivity contribution in [1.29, 1.82) is 0 Å². The summed E-state index contributed by atoms with van der Waals surface area (Å²) in [6.07, 6.45) is 6.44. The predicted molar refractivity (Wildman–Crippen MR) is 90.3 cm³/mol. The van der Waals surface area contributed by atoms with Crippen LogP contribution in [0.5, 0.6) is 5.75 Å². The molecule has 0 bridgehead atoms. The lowest BCUT2D eigenvalue weighted by Gasteiger charge is -2.37. The minimum absolute atomic E-state index is 0.232. The van der Waals surface area contributed by atoms with Gasteiger partial charge in [-0.05, 0) is 56.3 Å². The molecule has 0 heterocycles. The SMILES string of the molecule is CCCC1CCC(NCC)C(Oc2ccc(C)cc2Cl)C1. The lowest BCUT2D eigenvalue weighted by atomic mass is 9.81. The van der Waals surface area contributed by atoms with Crippen molar-refractivity contribution in [1.82, 2.24) is 5.32 Å². The van der Waals surface area contributed by atoms with Gasteiger partial charge in [-0.2, -0.15) is 0 Å². The van der Waals surface area contributed by atoms with E-state index in [0.717, 1.165) is 29.7 Å². The topological polar surface area (TPSA) is 21.3 Å². The van der Waals surface area contributed by atoms with Crippen molar-refractivity contribution < 1.29 is 4.74 Å². The van der Waals surface area contributed by atoms with Gasteiger partial charge in [-0.1, -0.05) is 44.4 Å². The van der Waals surface area contributed by atoms with Crippen molar-refractivity contribution in [3.63, 3.8) is 0 Å². The van der Waals surface area contributed by atoms with Crippen molar-refractivity contribution in [2.45, 2.75) is 65.0 Å². The Morgan fingerprint density at radius 3 is 2.76 bits per heavy atom. The van der Waals surface area contributed by atoms with Gasteiger partial charge in [0.05, 0.1) is 5.02 Å². The summed E-state index contributed by atoms with van der Waals surface area (Å²) in [5.74, 6) is 1.62. The van der Waals surface area contributed by atoms with Gasteiger partial charge in [-0.3, -0.25) is 0 Å². The number of benzene rings is 1. The van der Waals surface area contributed by atoms with Crippen LogP contribution in [0.15, 0.2) is 18.2 Å². The fourth-order valence-corrected chi connectivity index (χ4v) is 3.65. The first-order valence-corrected chi connectivity index (χ1v) is 8.68. The van der Waals surface area contributed by atoms with Crippen LogP contribution in [-0.2, 0) is 0 Å². The number of hydrogen-bond donors (Lipinski definition) is 1. The maximum absolute atomic E-state index is 6.33. The number of aryl methyl sites for hydroxylation is 1. The van der Waals surface area contributed by atoms with Gasteiger partial charge in [0.2, 0.25) is 0 Å². The molecule has 118 valence electrons. The van der Waals surface area contributed by atoms with Crippen molar-refractivity contribution in [3.8, 4) is 5.75 Å². The van der Waals surface area contributed by atoms with E-state index in [4.69, 9.17) is 16.3 Å². The molecule has 0 aromatic heterocycles. The van der Waals surface area contributed by atoms with Gasteiger partial charge in [-0.25, -0.2) is 0 Å². The van der Waals surface area contributed by atoms with Crippen molar-refractivity contribution >= 4 is 11.6 Å². The molecule has 1 aliphatic carbocycles. The Labute approximate surface area is 134 Å². The highest BCUT2D eigenvalue weighted by atomic mass is 35.5. The number of nitrogens with one attached hydrogen (secondary N) is 1. The third-order valence-electron chi connectivity index (χ3n) is 4.43. The van der Waals surface area contributed by atoms with Crippen LogP contribution in [0, 0.1) is 12.8 Å². The highest BCUT2D eigenvalue weighted by Crippen LogP contribution is 2.33. The largest absolute Gasteiger partial charge is 0.487 e. The van der Waals surface area contributed by atoms with E-state index in [1.54, 1.807) is 0 Å². The molecule has 1 N–H and O–H groups in total. The number of rotatable bonds is 6. The van der Waals surface area contributed by atoms with E-state index in [1.807, 2.05) is 12.1 Å². The fraction of sp³-hybridized carbons (Fsp3) is 0.667. The zero-order valence-electron chi connectivity index (χ0n) is 13.5. The van der Waals surface area contributed by atoms with E-state index in [1.165, 1.54) is 31.2 Å². The molecule has 21 heavy (non-hydrogen) atoms. The first-order valence-electron chi connectivity index (χ1n) is 8.30. The molecule has 0 spiro atoms. The van der Waals surface area contributed by atoms with Gasteiger partial charge in [0.15, 0.2) is 0 Å². The van der Waals surface area contributed by atoms with Crippen LogP contribution in [0.4, 0.5) is 0 Å². The minimum Gasteiger partial charge on any atom is -0.487 e. The molecular weight excluding hydrogens is 282 g/mol. The predicted octanol–water partition coefficient (Wildman–Crippen LogP) is 4.97. The average Bonchev–Trinajstić information content (AvgIpc) is 2.45. The third-order valence-corrected chi connectivity index (χ3v) is 4.72. The third kappa shape index (κ3) is 4.62. The molecule has 0 aliphatic heterocycles. The second-order valence-electron chi connectivity index (χ2n) is 6.22. The molecule has 0 saturated heterocycles. The molecule has 0 amide bonds. The molecule has 3 heteroatoms. The van der Waals surface area contributed by atoms with Crippen molar-refractivity contribution in [2.24, 2.45) is 5.92 Å². The van der Waals surface area contributed by atoms with Crippen molar-refractivity contribution in [3.05, 3.63) is 28.8 Å². The Hall–Kier alpha value is -0.730. The molecule has 1 saturated carbocycles. The maximum atomic E-state index is 6.33. The molecular formula is C18H28ClNO. The summed E-state index contributed by atoms with van der Waals surface area (Å²) >= 11 is 6.33. The van der Waals surface area contributed by atoms with E-state index in [0.29, 0.717) is 6.04 Å². The second-order valence-corrected chi connectivity index (χ2v) is 6.63. The van der Waals surface area contributed by atoms with Crippen LogP contribution in [0.25, 0.3) is 0 Å². The standard InChI is InChI=1S/C18H28ClNO/c1-4-6-14-8-9-16(20-5-2)18(12-14)21-17-10-7-13(3)11-15(17)19/h7,10-11,14,16,18,20H,4-6,8-9,12H2,1-3H3. The lowest BCUT2D eigenvalue weighted by Crippen LogP contribution is -2.47. The summed E-state index contributed by atoms with van der Waals surface area (Å²) in [4.78, 5) is 0. The summed E-state index contributed by atoms with van der Waals surface area (Å²) in [5, 5.41) is 4.31. The van der Waals surface area contributed by atoms with E-state index >= 15 is 0 Å². The summed E-state index contributed by atoms with van der Waals surface area (Å²) in [6, 6.07) is 6.49. The number of ether oxygens (including phenoxy) is 1. The number of likely N-dealkylation sites (N-methyl/N-ethyl adjacent to an activating group) is 1. The van der Waals surface area contributed by atoms with Crippen LogP contribution in [0.2, 0.25) is 5.02 Å². The number of halogens is 1. The van der Waals surface area contributed by atoms with Crippen LogP contribution in [0.3, 0.4) is 0 Å². The Kier molecular flexibility index (Phi) is 6.38. The van der Waals surface area contributed by atoms with Gasteiger partial charge in [0, 0.05) is 6.04 Å². The Morgan fingerprint density at radius 1 is 1.29 bits per heavy atom. The normalized spacial score (nSPS) is 25.8. The summed E-state index contributed by atoms with van der Waals surface area (Å²) in [5.41, 5.74) is 1.17. The molecule has 0 radical (unpaired) electrons. The molecule has 3 unspecified atom stereocenters. The molecule has 2 nitrogen and oxygen atoms in total. The fourth-order valence-electron chi connectivity index (χ4n) is 3.37. The molecule has 1 fully saturated rings. The molecule has 3 atom stereocenters. The quantitative estimate of drug-likeness (QED) is 0.800. The van der Waals surface area contributed by atoms with E-state index in [-0.39, 0.29) is 6.10 Å². The smallest absolute Gasteiger partial charge is 0.138 e. The molecule has 1 aliphatic rings. The Bertz CT molecular complexity index is 449. The van der Waals surface area contributed by atoms with Crippen LogP contribution in [-0.4, -0.2) is 18.7 Å². The van der Waals surface area contributed by atoms with Crippen LogP contribution in [0.1, 0.15) is 51.5 Å². The second kappa shape index (κ2) is 8.05. The van der Waals surface area contributed by atoms with Crippen molar-refractivity contribution in [2.75, 3.05) is 6.54 Å². The lowest BCUT2D eigenvalue weighted by molar-refractivity contribution is 0.0840. The average molecular weight is 310 g/mol. The zero-order valence-corrected chi connectivity index (χ0v) is 14.2.